The Labute approximate surface area is 141 Å². The minimum atomic E-state index is -0.483. The second-order valence-corrected chi connectivity index (χ2v) is 6.50. The van der Waals surface area contributed by atoms with Gasteiger partial charge in [-0.05, 0) is 32.9 Å². The van der Waals surface area contributed by atoms with Crippen LogP contribution < -0.4 is 10.6 Å². The minimum Gasteiger partial charge on any atom is -0.444 e. The fourth-order valence-electron chi connectivity index (χ4n) is 1.60. The Hall–Kier alpha value is -1.23. The molecule has 0 saturated carbocycles. The number of carbonyl (C=O) groups is 1. The average Bonchev–Trinajstić information content (AvgIpc) is 2.38. The van der Waals surface area contributed by atoms with Gasteiger partial charge in [-0.1, -0.05) is 41.4 Å². The van der Waals surface area contributed by atoms with E-state index in [1.165, 1.54) is 0 Å². The first-order chi connectivity index (χ1) is 10.3. The summed E-state index contributed by atoms with van der Waals surface area (Å²) >= 11 is 12.2. The van der Waals surface area contributed by atoms with Gasteiger partial charge in [0.15, 0.2) is 0 Å². The highest BCUT2D eigenvalue weighted by Gasteiger charge is 2.14. The van der Waals surface area contributed by atoms with Gasteiger partial charge < -0.3 is 15.4 Å². The van der Waals surface area contributed by atoms with Gasteiger partial charge in [0.25, 0.3) is 0 Å². The molecule has 0 unspecified atom stereocenters. The maximum absolute atomic E-state index is 11.4. The van der Waals surface area contributed by atoms with E-state index in [1.807, 2.05) is 51.1 Å². The summed E-state index contributed by atoms with van der Waals surface area (Å²) in [6.45, 7) is 7.13. The lowest BCUT2D eigenvalue weighted by molar-refractivity contribution is 0.0534. The lowest BCUT2D eigenvalue weighted by Gasteiger charge is -2.19. The van der Waals surface area contributed by atoms with Crippen LogP contribution in [0.15, 0.2) is 30.4 Å². The maximum atomic E-state index is 11.4. The van der Waals surface area contributed by atoms with Crippen LogP contribution in [0.4, 0.5) is 4.79 Å². The number of ether oxygens (including phenoxy) is 1. The molecule has 1 amide bonds. The van der Waals surface area contributed by atoms with Gasteiger partial charge in [-0.15, -0.1) is 0 Å². The third-order valence-electron chi connectivity index (χ3n) is 2.56. The molecular weight excluding hydrogens is 323 g/mol. The molecular formula is C16H22Cl2N2O2. The zero-order chi connectivity index (χ0) is 16.6. The smallest absolute Gasteiger partial charge is 0.407 e. The molecule has 0 spiro atoms. The van der Waals surface area contributed by atoms with Crippen LogP contribution in [-0.4, -0.2) is 24.8 Å². The number of alkyl carbamates (subject to hydrolysis) is 1. The monoisotopic (exact) mass is 344 g/mol. The normalized spacial score (nSPS) is 11.7. The highest BCUT2D eigenvalue weighted by molar-refractivity contribution is 6.35. The van der Waals surface area contributed by atoms with Gasteiger partial charge in [0, 0.05) is 35.2 Å². The Morgan fingerprint density at radius 2 is 1.77 bits per heavy atom. The average molecular weight is 345 g/mol. The molecule has 0 radical (unpaired) electrons. The van der Waals surface area contributed by atoms with Crippen LogP contribution in [0.25, 0.3) is 0 Å². The van der Waals surface area contributed by atoms with E-state index in [9.17, 15) is 4.79 Å². The van der Waals surface area contributed by atoms with Crippen molar-refractivity contribution in [3.63, 3.8) is 0 Å². The number of carbonyl (C=O) groups excluding carboxylic acids is 1. The molecule has 2 N–H and O–H groups in total. The van der Waals surface area contributed by atoms with Gasteiger partial charge in [-0.25, -0.2) is 4.79 Å². The molecule has 0 aliphatic carbocycles. The summed E-state index contributed by atoms with van der Waals surface area (Å²) in [7, 11) is 0. The first-order valence-corrected chi connectivity index (χ1v) is 7.80. The molecule has 0 fully saturated rings. The highest BCUT2D eigenvalue weighted by atomic mass is 35.5. The van der Waals surface area contributed by atoms with Crippen LogP contribution in [0, 0.1) is 0 Å². The summed E-state index contributed by atoms with van der Waals surface area (Å²) in [5, 5.41) is 7.16. The molecule has 22 heavy (non-hydrogen) atoms. The molecule has 0 aliphatic heterocycles. The SMILES string of the molecule is CC(C)(C)OC(=O)NC/C=C/CNCc1c(Cl)cccc1Cl. The summed E-state index contributed by atoms with van der Waals surface area (Å²) in [6, 6.07) is 5.44. The van der Waals surface area contributed by atoms with Crippen molar-refractivity contribution in [3.8, 4) is 0 Å². The Kier molecular flexibility index (Phi) is 7.73. The number of hydrogen-bond acceptors (Lipinski definition) is 3. The molecule has 0 heterocycles. The molecule has 1 aromatic rings. The minimum absolute atomic E-state index is 0.420. The van der Waals surface area contributed by atoms with Gasteiger partial charge in [-0.2, -0.15) is 0 Å². The Balaban J connectivity index is 2.21. The van der Waals surface area contributed by atoms with Crippen LogP contribution in [0.2, 0.25) is 10.0 Å². The molecule has 122 valence electrons. The molecule has 0 saturated heterocycles. The molecule has 0 atom stereocenters. The number of amides is 1. The van der Waals surface area contributed by atoms with E-state index in [0.717, 1.165) is 5.56 Å². The van der Waals surface area contributed by atoms with E-state index in [0.29, 0.717) is 29.7 Å². The zero-order valence-corrected chi connectivity index (χ0v) is 14.6. The predicted molar refractivity (Wildman–Crippen MR) is 91.5 cm³/mol. The van der Waals surface area contributed by atoms with Crippen LogP contribution >= 0.6 is 23.2 Å². The Morgan fingerprint density at radius 1 is 1.18 bits per heavy atom. The summed E-state index contributed by atoms with van der Waals surface area (Å²) in [4.78, 5) is 11.4. The van der Waals surface area contributed by atoms with Crippen molar-refractivity contribution >= 4 is 29.3 Å². The quantitative estimate of drug-likeness (QED) is 0.601. The van der Waals surface area contributed by atoms with E-state index < -0.39 is 11.7 Å². The number of halogens is 2. The van der Waals surface area contributed by atoms with Gasteiger partial charge in [0.2, 0.25) is 0 Å². The number of rotatable bonds is 6. The van der Waals surface area contributed by atoms with Gasteiger partial charge >= 0.3 is 6.09 Å². The summed E-state index contributed by atoms with van der Waals surface area (Å²) in [6.07, 6.45) is 3.35. The first kappa shape index (κ1) is 18.8. The maximum Gasteiger partial charge on any atom is 0.407 e. The summed E-state index contributed by atoms with van der Waals surface area (Å²) in [5.74, 6) is 0. The van der Waals surface area contributed by atoms with Gasteiger partial charge in [-0.3, -0.25) is 0 Å². The van der Waals surface area contributed by atoms with Crippen LogP contribution in [0.3, 0.4) is 0 Å². The molecule has 0 bridgehead atoms. The van der Waals surface area contributed by atoms with Gasteiger partial charge in [0.1, 0.15) is 5.60 Å². The van der Waals surface area contributed by atoms with Crippen molar-refractivity contribution in [2.24, 2.45) is 0 Å². The standard InChI is InChI=1S/C16H22Cl2N2O2/c1-16(2,3)22-15(21)20-10-5-4-9-19-11-12-13(17)7-6-8-14(12)18/h4-8,19H,9-11H2,1-3H3,(H,20,21)/b5-4+. The third-order valence-corrected chi connectivity index (χ3v) is 3.26. The van der Waals surface area contributed by atoms with E-state index in [4.69, 9.17) is 27.9 Å². The van der Waals surface area contributed by atoms with Gasteiger partial charge in [0.05, 0.1) is 0 Å². The summed E-state index contributed by atoms with van der Waals surface area (Å²) < 4.78 is 5.12. The van der Waals surface area contributed by atoms with Crippen molar-refractivity contribution in [1.29, 1.82) is 0 Å². The molecule has 1 rings (SSSR count). The van der Waals surface area contributed by atoms with E-state index in [1.54, 1.807) is 0 Å². The number of benzene rings is 1. The van der Waals surface area contributed by atoms with Crippen molar-refractivity contribution in [1.82, 2.24) is 10.6 Å². The lowest BCUT2D eigenvalue weighted by atomic mass is 10.2. The first-order valence-electron chi connectivity index (χ1n) is 7.05. The van der Waals surface area contributed by atoms with Crippen molar-refractivity contribution in [2.45, 2.75) is 32.9 Å². The number of hydrogen-bond donors (Lipinski definition) is 2. The Morgan fingerprint density at radius 3 is 2.36 bits per heavy atom. The van der Waals surface area contributed by atoms with Crippen LogP contribution in [0.1, 0.15) is 26.3 Å². The highest BCUT2D eigenvalue weighted by Crippen LogP contribution is 2.23. The molecule has 4 nitrogen and oxygen atoms in total. The molecule has 1 aromatic carbocycles. The molecule has 6 heteroatoms. The molecule has 0 aromatic heterocycles. The van der Waals surface area contributed by atoms with Crippen molar-refractivity contribution in [2.75, 3.05) is 13.1 Å². The fraction of sp³-hybridized carbons (Fsp3) is 0.438. The Bertz CT molecular complexity index is 505. The topological polar surface area (TPSA) is 50.4 Å². The summed E-state index contributed by atoms with van der Waals surface area (Å²) in [5.41, 5.74) is 0.398. The fourth-order valence-corrected chi connectivity index (χ4v) is 2.14. The van der Waals surface area contributed by atoms with Crippen molar-refractivity contribution < 1.29 is 9.53 Å². The van der Waals surface area contributed by atoms with E-state index in [-0.39, 0.29) is 0 Å². The second kappa shape index (κ2) is 9.03. The number of nitrogens with one attached hydrogen (secondary N) is 2. The van der Waals surface area contributed by atoms with Crippen molar-refractivity contribution in [3.05, 3.63) is 46.0 Å². The molecule has 0 aliphatic rings. The largest absolute Gasteiger partial charge is 0.444 e. The van der Waals surface area contributed by atoms with Crippen LogP contribution in [0.5, 0.6) is 0 Å². The van der Waals surface area contributed by atoms with E-state index >= 15 is 0 Å². The van der Waals surface area contributed by atoms with E-state index in [2.05, 4.69) is 10.6 Å². The predicted octanol–water partition coefficient (Wildman–Crippen LogP) is 4.16. The van der Waals surface area contributed by atoms with Crippen LogP contribution in [-0.2, 0) is 11.3 Å². The third kappa shape index (κ3) is 7.69. The lowest BCUT2D eigenvalue weighted by Crippen LogP contribution is -2.32. The second-order valence-electron chi connectivity index (χ2n) is 5.69. The zero-order valence-electron chi connectivity index (χ0n) is 13.1.